The van der Waals surface area contributed by atoms with Gasteiger partial charge in [0.05, 0.1) is 7.11 Å². The van der Waals surface area contributed by atoms with Crippen molar-refractivity contribution in [3.63, 3.8) is 0 Å². The standard InChI is InChI=1S/C17H14O5/c1-21-12-4-2-10(3-5-12)8-11-9-22-14-7-6-13(18)17(20)15(14)16(11)19/h2-8,18,20H,9H2,1H3/b11-8+. The number of methoxy groups -OCH3 is 1. The highest BCUT2D eigenvalue weighted by Crippen LogP contribution is 2.39. The van der Waals surface area contributed by atoms with E-state index in [1.807, 2.05) is 12.1 Å². The molecule has 0 saturated heterocycles. The zero-order valence-corrected chi connectivity index (χ0v) is 11.9. The van der Waals surface area contributed by atoms with Gasteiger partial charge >= 0.3 is 0 Å². The number of ketones is 1. The molecule has 0 atom stereocenters. The summed E-state index contributed by atoms with van der Waals surface area (Å²) in [5, 5.41) is 19.4. The summed E-state index contributed by atoms with van der Waals surface area (Å²) in [6, 6.07) is 9.97. The van der Waals surface area contributed by atoms with Gasteiger partial charge in [-0.3, -0.25) is 4.79 Å². The Morgan fingerprint density at radius 2 is 1.86 bits per heavy atom. The lowest BCUT2D eigenvalue weighted by atomic mass is 9.97. The van der Waals surface area contributed by atoms with Crippen molar-refractivity contribution in [3.05, 3.63) is 53.1 Å². The second kappa shape index (κ2) is 5.44. The summed E-state index contributed by atoms with van der Waals surface area (Å²) in [6.45, 7) is 0.113. The largest absolute Gasteiger partial charge is 0.504 e. The maximum Gasteiger partial charge on any atom is 0.200 e. The van der Waals surface area contributed by atoms with Gasteiger partial charge < -0.3 is 19.7 Å². The molecule has 0 bridgehead atoms. The predicted molar refractivity (Wildman–Crippen MR) is 80.6 cm³/mol. The number of aromatic hydroxyl groups is 2. The van der Waals surface area contributed by atoms with Gasteiger partial charge in [0.15, 0.2) is 17.3 Å². The number of Topliss-reactive ketones (excluding diaryl/α,β-unsaturated/α-hetero) is 1. The minimum Gasteiger partial charge on any atom is -0.504 e. The number of phenols is 2. The molecule has 1 heterocycles. The average molecular weight is 298 g/mol. The van der Waals surface area contributed by atoms with Crippen LogP contribution >= 0.6 is 0 Å². The second-order valence-corrected chi connectivity index (χ2v) is 4.87. The molecule has 0 unspecified atom stereocenters. The van der Waals surface area contributed by atoms with E-state index in [1.165, 1.54) is 12.1 Å². The Morgan fingerprint density at radius 1 is 1.14 bits per heavy atom. The molecule has 0 spiro atoms. The Morgan fingerprint density at radius 3 is 2.55 bits per heavy atom. The maximum absolute atomic E-state index is 12.5. The summed E-state index contributed by atoms with van der Waals surface area (Å²) in [5.41, 5.74) is 1.21. The van der Waals surface area contributed by atoms with Gasteiger partial charge in [0.2, 0.25) is 0 Å². The van der Waals surface area contributed by atoms with Gasteiger partial charge in [0, 0.05) is 5.57 Å². The highest BCUT2D eigenvalue weighted by Gasteiger charge is 2.28. The molecule has 2 N–H and O–H groups in total. The number of carbonyl (C=O) groups excluding carboxylic acids is 1. The van der Waals surface area contributed by atoms with E-state index in [1.54, 1.807) is 25.3 Å². The van der Waals surface area contributed by atoms with E-state index >= 15 is 0 Å². The average Bonchev–Trinajstić information content (AvgIpc) is 2.54. The fourth-order valence-corrected chi connectivity index (χ4v) is 2.29. The number of ether oxygens (including phenoxy) is 2. The van der Waals surface area contributed by atoms with Crippen LogP contribution in [0.4, 0.5) is 0 Å². The van der Waals surface area contributed by atoms with Crippen molar-refractivity contribution in [1.82, 2.24) is 0 Å². The van der Waals surface area contributed by atoms with Crippen LogP contribution in [-0.4, -0.2) is 29.7 Å². The van der Waals surface area contributed by atoms with Crippen LogP contribution in [-0.2, 0) is 0 Å². The van der Waals surface area contributed by atoms with Gasteiger partial charge in [-0.05, 0) is 35.9 Å². The number of rotatable bonds is 2. The number of carbonyl (C=O) groups is 1. The molecule has 0 radical (unpaired) electrons. The van der Waals surface area contributed by atoms with Crippen molar-refractivity contribution < 1.29 is 24.5 Å². The minimum absolute atomic E-state index is 0.00832. The van der Waals surface area contributed by atoms with E-state index in [9.17, 15) is 15.0 Å². The lowest BCUT2D eigenvalue weighted by molar-refractivity contribution is 0.0996. The molecule has 1 aliphatic rings. The molecular formula is C17H14O5. The second-order valence-electron chi connectivity index (χ2n) is 4.87. The monoisotopic (exact) mass is 298 g/mol. The number of phenolic OH excluding ortho intramolecular Hbond substituents is 2. The number of hydrogen-bond acceptors (Lipinski definition) is 5. The van der Waals surface area contributed by atoms with Crippen molar-refractivity contribution in [2.45, 2.75) is 0 Å². The van der Waals surface area contributed by atoms with Crippen LogP contribution in [0.3, 0.4) is 0 Å². The molecule has 2 aromatic rings. The zero-order valence-electron chi connectivity index (χ0n) is 11.9. The first kappa shape index (κ1) is 14.0. The molecule has 0 aromatic heterocycles. The molecule has 22 heavy (non-hydrogen) atoms. The van der Waals surface area contributed by atoms with Crippen molar-refractivity contribution in [3.8, 4) is 23.0 Å². The van der Waals surface area contributed by atoms with Gasteiger partial charge in [-0.25, -0.2) is 0 Å². The van der Waals surface area contributed by atoms with Crippen molar-refractivity contribution in [1.29, 1.82) is 0 Å². The Bertz CT molecular complexity index is 759. The van der Waals surface area contributed by atoms with E-state index < -0.39 is 5.75 Å². The predicted octanol–water partition coefficient (Wildman–Crippen LogP) is 2.77. The third-order valence-corrected chi connectivity index (χ3v) is 3.48. The first-order chi connectivity index (χ1) is 10.6. The van der Waals surface area contributed by atoms with Crippen LogP contribution in [0.1, 0.15) is 15.9 Å². The van der Waals surface area contributed by atoms with E-state index in [2.05, 4.69) is 0 Å². The van der Waals surface area contributed by atoms with Gasteiger partial charge in [-0.2, -0.15) is 0 Å². The highest BCUT2D eigenvalue weighted by molar-refractivity contribution is 6.16. The highest BCUT2D eigenvalue weighted by atomic mass is 16.5. The molecule has 3 rings (SSSR count). The third kappa shape index (κ3) is 2.37. The van der Waals surface area contributed by atoms with Crippen LogP contribution in [0.5, 0.6) is 23.0 Å². The number of fused-ring (bicyclic) bond motifs is 1. The smallest absolute Gasteiger partial charge is 0.200 e. The lowest BCUT2D eigenvalue weighted by Crippen LogP contribution is -2.19. The Labute approximate surface area is 127 Å². The number of benzene rings is 2. The van der Waals surface area contributed by atoms with Gasteiger partial charge in [-0.15, -0.1) is 0 Å². The molecule has 5 nitrogen and oxygen atoms in total. The summed E-state index contributed by atoms with van der Waals surface area (Å²) in [4.78, 5) is 12.5. The Hall–Kier alpha value is -2.95. The summed E-state index contributed by atoms with van der Waals surface area (Å²) in [6.07, 6.45) is 1.69. The molecule has 0 fully saturated rings. The Kier molecular flexibility index (Phi) is 3.47. The van der Waals surface area contributed by atoms with Crippen LogP contribution in [0.2, 0.25) is 0 Å². The van der Waals surface area contributed by atoms with Crippen molar-refractivity contribution in [2.75, 3.05) is 13.7 Å². The van der Waals surface area contributed by atoms with Crippen molar-refractivity contribution >= 4 is 11.9 Å². The molecule has 5 heteroatoms. The van der Waals surface area contributed by atoms with Gasteiger partial charge in [0.25, 0.3) is 0 Å². The fourth-order valence-electron chi connectivity index (χ4n) is 2.29. The van der Waals surface area contributed by atoms with Crippen LogP contribution in [0.15, 0.2) is 42.0 Å². The fraction of sp³-hybridized carbons (Fsp3) is 0.118. The topological polar surface area (TPSA) is 76.0 Å². The van der Waals surface area contributed by atoms with Crippen molar-refractivity contribution in [2.24, 2.45) is 0 Å². The van der Waals surface area contributed by atoms with E-state index in [0.717, 1.165) is 11.3 Å². The summed E-state index contributed by atoms with van der Waals surface area (Å²) in [5.74, 6) is -0.164. The molecule has 0 aliphatic carbocycles. The Balaban J connectivity index is 1.98. The molecular weight excluding hydrogens is 284 g/mol. The molecule has 0 amide bonds. The normalized spacial score (nSPS) is 15.3. The minimum atomic E-state index is -0.456. The molecule has 0 saturated carbocycles. The molecule has 112 valence electrons. The lowest BCUT2D eigenvalue weighted by Gasteiger charge is -2.20. The van der Waals surface area contributed by atoms with Gasteiger partial charge in [0.1, 0.15) is 23.7 Å². The third-order valence-electron chi connectivity index (χ3n) is 3.48. The number of hydrogen-bond donors (Lipinski definition) is 2. The quantitative estimate of drug-likeness (QED) is 0.658. The van der Waals surface area contributed by atoms with E-state index in [-0.39, 0.29) is 29.5 Å². The van der Waals surface area contributed by atoms with E-state index in [0.29, 0.717) is 5.57 Å². The maximum atomic E-state index is 12.5. The van der Waals surface area contributed by atoms with Gasteiger partial charge in [-0.1, -0.05) is 12.1 Å². The summed E-state index contributed by atoms with van der Waals surface area (Å²) < 4.78 is 10.6. The van der Waals surface area contributed by atoms with E-state index in [4.69, 9.17) is 9.47 Å². The van der Waals surface area contributed by atoms with Crippen LogP contribution in [0, 0.1) is 0 Å². The SMILES string of the molecule is COc1ccc(/C=C2\COc3ccc(O)c(O)c3C2=O)cc1. The summed E-state index contributed by atoms with van der Waals surface area (Å²) in [7, 11) is 1.58. The van der Waals surface area contributed by atoms with Crippen LogP contribution < -0.4 is 9.47 Å². The summed E-state index contributed by atoms with van der Waals surface area (Å²) >= 11 is 0. The molecule has 1 aliphatic heterocycles. The first-order valence-electron chi connectivity index (χ1n) is 6.67. The first-order valence-corrected chi connectivity index (χ1v) is 6.67. The zero-order chi connectivity index (χ0) is 15.7. The van der Waals surface area contributed by atoms with Crippen LogP contribution in [0.25, 0.3) is 6.08 Å². The molecule has 2 aromatic carbocycles.